The Morgan fingerprint density at radius 3 is 1.79 bits per heavy atom. The van der Waals surface area contributed by atoms with Gasteiger partial charge < -0.3 is 13.9 Å². The molecule has 3 heteroatoms. The van der Waals surface area contributed by atoms with Crippen molar-refractivity contribution in [3.8, 4) is 0 Å². The van der Waals surface area contributed by atoms with Gasteiger partial charge in [-0.2, -0.15) is 0 Å². The van der Waals surface area contributed by atoms with Gasteiger partial charge in [-0.25, -0.2) is 0 Å². The first kappa shape index (κ1) is 21.2. The van der Waals surface area contributed by atoms with E-state index in [0.29, 0.717) is 0 Å². The molecule has 140 valence electrons. The van der Waals surface area contributed by atoms with Crippen molar-refractivity contribution in [2.75, 3.05) is 0 Å². The Balaban J connectivity index is 2.40. The maximum absolute atomic E-state index is 6.16. The highest BCUT2D eigenvalue weighted by molar-refractivity contribution is 5.00. The highest BCUT2D eigenvalue weighted by Gasteiger charge is 2.21. The molecule has 0 saturated carbocycles. The minimum Gasteiger partial charge on any atom is -0.464 e. The molecule has 0 N–H and O–H groups in total. The summed E-state index contributed by atoms with van der Waals surface area (Å²) in [5.74, 6) is 0.774. The average molecular weight is 339 g/mol. The van der Waals surface area contributed by atoms with Gasteiger partial charge in [0.15, 0.2) is 5.76 Å². The van der Waals surface area contributed by atoms with Crippen molar-refractivity contribution in [3.05, 3.63) is 24.2 Å². The van der Waals surface area contributed by atoms with Crippen molar-refractivity contribution in [3.63, 3.8) is 0 Å². The average Bonchev–Trinajstić information content (AvgIpc) is 3.09. The molecule has 0 amide bonds. The van der Waals surface area contributed by atoms with Crippen LogP contribution in [0.5, 0.6) is 0 Å². The van der Waals surface area contributed by atoms with Gasteiger partial charge in [0.25, 0.3) is 0 Å². The molecule has 1 heterocycles. The fourth-order valence-corrected chi connectivity index (χ4v) is 2.87. The third kappa shape index (κ3) is 9.48. The lowest BCUT2D eigenvalue weighted by atomic mass is 10.1. The fourth-order valence-electron chi connectivity index (χ4n) is 2.87. The third-order valence-electron chi connectivity index (χ3n) is 4.42. The summed E-state index contributed by atoms with van der Waals surface area (Å²) in [4.78, 5) is 0. The minimum atomic E-state index is -0.387. The lowest BCUT2D eigenvalue weighted by Crippen LogP contribution is -2.20. The molecule has 0 bridgehead atoms. The van der Waals surface area contributed by atoms with Crippen molar-refractivity contribution >= 4 is 0 Å². The second kappa shape index (κ2) is 13.5. The summed E-state index contributed by atoms with van der Waals surface area (Å²) >= 11 is 0. The summed E-state index contributed by atoms with van der Waals surface area (Å²) in [6, 6.07) is 3.84. The summed E-state index contributed by atoms with van der Waals surface area (Å²) in [6.45, 7) is 8.75. The van der Waals surface area contributed by atoms with Crippen molar-refractivity contribution in [2.24, 2.45) is 0 Å². The second-order valence-corrected chi connectivity index (χ2v) is 6.94. The molecular formula is C21H38O3. The van der Waals surface area contributed by atoms with Crippen LogP contribution >= 0.6 is 0 Å². The summed E-state index contributed by atoms with van der Waals surface area (Å²) in [5, 5.41) is 0. The maximum atomic E-state index is 6.16. The van der Waals surface area contributed by atoms with E-state index in [9.17, 15) is 0 Å². The summed E-state index contributed by atoms with van der Waals surface area (Å²) in [6.07, 6.45) is 14.0. The molecule has 1 aromatic heterocycles. The Hall–Kier alpha value is -0.800. The van der Waals surface area contributed by atoms with Crippen LogP contribution in [0, 0.1) is 0 Å². The zero-order chi connectivity index (χ0) is 17.6. The molecule has 1 rings (SSSR count). The lowest BCUT2D eigenvalue weighted by molar-refractivity contribution is -0.203. The standard InChI is InChI=1S/C21H38O3/c1-5-7-9-11-14-18(3)23-21(20-16-13-17-22-20)24-19(4)15-12-10-8-6-2/h13,16-19,21H,5-12,14-15H2,1-4H3. The second-order valence-electron chi connectivity index (χ2n) is 6.94. The summed E-state index contributed by atoms with van der Waals surface area (Å²) in [5.41, 5.74) is 0. The number of hydrogen-bond acceptors (Lipinski definition) is 3. The van der Waals surface area contributed by atoms with Crippen molar-refractivity contribution in [1.82, 2.24) is 0 Å². The van der Waals surface area contributed by atoms with Gasteiger partial charge >= 0.3 is 0 Å². The monoisotopic (exact) mass is 338 g/mol. The van der Waals surface area contributed by atoms with Gasteiger partial charge in [-0.3, -0.25) is 0 Å². The van der Waals surface area contributed by atoms with Crippen LogP contribution in [-0.2, 0) is 9.47 Å². The largest absolute Gasteiger partial charge is 0.464 e. The molecule has 0 fully saturated rings. The Bertz CT molecular complexity index is 354. The van der Waals surface area contributed by atoms with E-state index in [-0.39, 0.29) is 18.5 Å². The van der Waals surface area contributed by atoms with E-state index in [1.54, 1.807) is 6.26 Å². The van der Waals surface area contributed by atoms with Crippen LogP contribution in [0.4, 0.5) is 0 Å². The SMILES string of the molecule is CCCCCCC(C)OC(OC(C)CCCCCC)c1ccco1. The molecule has 0 radical (unpaired) electrons. The van der Waals surface area contributed by atoms with Gasteiger partial charge in [0, 0.05) is 0 Å². The van der Waals surface area contributed by atoms with Crippen LogP contribution in [0.25, 0.3) is 0 Å². The number of ether oxygens (including phenoxy) is 2. The molecule has 2 atom stereocenters. The van der Waals surface area contributed by atoms with E-state index < -0.39 is 0 Å². The van der Waals surface area contributed by atoms with Crippen molar-refractivity contribution in [1.29, 1.82) is 0 Å². The highest BCUT2D eigenvalue weighted by Crippen LogP contribution is 2.26. The molecule has 0 aliphatic heterocycles. The topological polar surface area (TPSA) is 31.6 Å². The summed E-state index contributed by atoms with van der Waals surface area (Å²) in [7, 11) is 0. The van der Waals surface area contributed by atoms with E-state index in [1.807, 2.05) is 12.1 Å². The molecule has 1 aromatic rings. The molecule has 3 nitrogen and oxygen atoms in total. The van der Waals surface area contributed by atoms with Gasteiger partial charge in [-0.05, 0) is 38.8 Å². The predicted molar refractivity (Wildman–Crippen MR) is 100 cm³/mol. The van der Waals surface area contributed by atoms with Crippen LogP contribution in [0.1, 0.15) is 104 Å². The number of unbranched alkanes of at least 4 members (excludes halogenated alkanes) is 6. The normalized spacial score (nSPS) is 15.3. The number of rotatable bonds is 15. The van der Waals surface area contributed by atoms with Crippen LogP contribution in [0.15, 0.2) is 22.8 Å². The van der Waals surface area contributed by atoms with E-state index in [4.69, 9.17) is 13.9 Å². The first-order valence-corrected chi connectivity index (χ1v) is 10.0. The first-order chi connectivity index (χ1) is 11.7. The van der Waals surface area contributed by atoms with Crippen LogP contribution in [0.2, 0.25) is 0 Å². The lowest BCUT2D eigenvalue weighted by Gasteiger charge is -2.24. The van der Waals surface area contributed by atoms with Gasteiger partial charge in [0.2, 0.25) is 6.29 Å². The predicted octanol–water partition coefficient (Wildman–Crippen LogP) is 7.03. The maximum Gasteiger partial charge on any atom is 0.217 e. The Labute approximate surface area is 149 Å². The molecule has 0 aromatic carbocycles. The first-order valence-electron chi connectivity index (χ1n) is 10.0. The Morgan fingerprint density at radius 1 is 0.833 bits per heavy atom. The van der Waals surface area contributed by atoms with E-state index in [0.717, 1.165) is 18.6 Å². The highest BCUT2D eigenvalue weighted by atomic mass is 16.7. The number of hydrogen-bond donors (Lipinski definition) is 0. The summed E-state index contributed by atoms with van der Waals surface area (Å²) < 4.78 is 17.8. The quantitative estimate of drug-likeness (QED) is 0.254. The molecule has 0 saturated heterocycles. The molecule has 2 unspecified atom stereocenters. The van der Waals surface area contributed by atoms with E-state index in [1.165, 1.54) is 51.4 Å². The molecule has 0 aliphatic rings. The van der Waals surface area contributed by atoms with Crippen LogP contribution < -0.4 is 0 Å². The molecule has 0 spiro atoms. The van der Waals surface area contributed by atoms with E-state index in [2.05, 4.69) is 27.7 Å². The van der Waals surface area contributed by atoms with Crippen molar-refractivity contribution in [2.45, 2.75) is 110 Å². The van der Waals surface area contributed by atoms with Crippen LogP contribution in [-0.4, -0.2) is 12.2 Å². The van der Waals surface area contributed by atoms with Crippen molar-refractivity contribution < 1.29 is 13.9 Å². The van der Waals surface area contributed by atoms with Gasteiger partial charge in [0.1, 0.15) is 0 Å². The molecular weight excluding hydrogens is 300 g/mol. The minimum absolute atomic E-state index is 0.184. The van der Waals surface area contributed by atoms with Gasteiger partial charge in [-0.1, -0.05) is 65.2 Å². The molecule has 24 heavy (non-hydrogen) atoms. The van der Waals surface area contributed by atoms with Gasteiger partial charge in [-0.15, -0.1) is 0 Å². The van der Waals surface area contributed by atoms with E-state index >= 15 is 0 Å². The zero-order valence-electron chi connectivity index (χ0n) is 16.3. The van der Waals surface area contributed by atoms with Gasteiger partial charge in [0.05, 0.1) is 18.5 Å². The zero-order valence-corrected chi connectivity index (χ0v) is 16.3. The Kier molecular flexibility index (Phi) is 11.9. The smallest absolute Gasteiger partial charge is 0.217 e. The number of furan rings is 1. The Morgan fingerprint density at radius 2 is 1.38 bits per heavy atom. The fraction of sp³-hybridized carbons (Fsp3) is 0.810. The van der Waals surface area contributed by atoms with Crippen LogP contribution in [0.3, 0.4) is 0 Å². The third-order valence-corrected chi connectivity index (χ3v) is 4.42. The molecule has 0 aliphatic carbocycles.